The molecule has 15 heavy (non-hydrogen) atoms. The van der Waals surface area contributed by atoms with Gasteiger partial charge in [-0.15, -0.1) is 0 Å². The van der Waals surface area contributed by atoms with Gasteiger partial charge in [-0.1, -0.05) is 51.5 Å². The van der Waals surface area contributed by atoms with E-state index in [0.29, 0.717) is 11.8 Å². The first-order valence-electron chi connectivity index (χ1n) is 5.87. The lowest BCUT2D eigenvalue weighted by atomic mass is 9.67. The molecule has 0 fully saturated rings. The topological polar surface area (TPSA) is 20.2 Å². The van der Waals surface area contributed by atoms with Gasteiger partial charge in [-0.3, -0.25) is 0 Å². The highest BCUT2D eigenvalue weighted by molar-refractivity contribution is 5.21. The van der Waals surface area contributed by atoms with Gasteiger partial charge in [-0.25, -0.2) is 0 Å². The normalized spacial score (nSPS) is 31.0. The Morgan fingerprint density at radius 2 is 2.07 bits per heavy atom. The maximum Gasteiger partial charge on any atom is 0.0729 e. The first kappa shape index (κ1) is 12.5. The van der Waals surface area contributed by atoms with Crippen molar-refractivity contribution in [2.45, 2.75) is 47.1 Å². The zero-order valence-electron chi connectivity index (χ0n) is 10.6. The van der Waals surface area contributed by atoms with Gasteiger partial charge in [-0.05, 0) is 24.7 Å². The summed E-state index contributed by atoms with van der Waals surface area (Å²) in [5.74, 6) is 1.07. The fraction of sp³-hybridized carbons (Fsp3) is 0.714. The molecule has 1 rings (SSSR count). The number of aliphatic hydroxyl groups is 1. The summed E-state index contributed by atoms with van der Waals surface area (Å²) in [5, 5.41) is 9.71. The third-order valence-electron chi connectivity index (χ3n) is 3.21. The monoisotopic (exact) mass is 208 g/mol. The molecule has 0 bridgehead atoms. The van der Waals surface area contributed by atoms with E-state index in [-0.39, 0.29) is 11.5 Å². The second-order valence-corrected chi connectivity index (χ2v) is 5.78. The largest absolute Gasteiger partial charge is 0.389 e. The standard InChI is InChI=1S/C14H24O/c1-10(2)6-7-13-11(3)8-12(15)9-14(13,4)5/h6-8,10,12-13,15H,9H2,1-5H3/b7-6+/t12-,13?/m0/s1. The SMILES string of the molecule is CC1=C[C@H](O)CC(C)(C)C1/C=C/C(C)C. The Morgan fingerprint density at radius 1 is 1.47 bits per heavy atom. The van der Waals surface area contributed by atoms with Crippen LogP contribution in [0.25, 0.3) is 0 Å². The molecule has 0 radical (unpaired) electrons. The summed E-state index contributed by atoms with van der Waals surface area (Å²) in [6, 6.07) is 0. The summed E-state index contributed by atoms with van der Waals surface area (Å²) in [5.41, 5.74) is 1.47. The highest BCUT2D eigenvalue weighted by atomic mass is 16.3. The number of allylic oxidation sites excluding steroid dienone is 3. The van der Waals surface area contributed by atoms with E-state index in [4.69, 9.17) is 0 Å². The van der Waals surface area contributed by atoms with Crippen molar-refractivity contribution in [1.29, 1.82) is 0 Å². The van der Waals surface area contributed by atoms with Gasteiger partial charge < -0.3 is 5.11 Å². The van der Waals surface area contributed by atoms with Gasteiger partial charge in [0.1, 0.15) is 0 Å². The van der Waals surface area contributed by atoms with Crippen molar-refractivity contribution in [3.05, 3.63) is 23.8 Å². The second-order valence-electron chi connectivity index (χ2n) is 5.78. The van der Waals surface area contributed by atoms with Crippen LogP contribution in [0.2, 0.25) is 0 Å². The molecule has 0 aromatic heterocycles. The number of aliphatic hydroxyl groups excluding tert-OH is 1. The van der Waals surface area contributed by atoms with E-state index in [1.807, 2.05) is 6.08 Å². The highest BCUT2D eigenvalue weighted by Crippen LogP contribution is 2.41. The van der Waals surface area contributed by atoms with Crippen LogP contribution in [0.4, 0.5) is 0 Å². The molecule has 0 spiro atoms. The molecule has 1 N–H and O–H groups in total. The predicted molar refractivity (Wildman–Crippen MR) is 65.6 cm³/mol. The Morgan fingerprint density at radius 3 is 2.53 bits per heavy atom. The predicted octanol–water partition coefficient (Wildman–Crippen LogP) is 3.55. The number of hydrogen-bond donors (Lipinski definition) is 1. The van der Waals surface area contributed by atoms with Crippen LogP contribution in [0.15, 0.2) is 23.8 Å². The molecule has 1 nitrogen and oxygen atoms in total. The van der Waals surface area contributed by atoms with Crippen LogP contribution in [0.5, 0.6) is 0 Å². The van der Waals surface area contributed by atoms with Crippen LogP contribution < -0.4 is 0 Å². The molecule has 2 atom stereocenters. The summed E-state index contributed by atoms with van der Waals surface area (Å²) in [6.07, 6.45) is 7.17. The average Bonchev–Trinajstić information content (AvgIpc) is 1.98. The Balaban J connectivity index is 2.89. The molecule has 0 heterocycles. The lowest BCUT2D eigenvalue weighted by Gasteiger charge is -2.38. The molecule has 1 aliphatic carbocycles. The molecule has 0 amide bonds. The van der Waals surface area contributed by atoms with Gasteiger partial charge in [0, 0.05) is 5.92 Å². The lowest BCUT2D eigenvalue weighted by Crippen LogP contribution is -2.32. The van der Waals surface area contributed by atoms with E-state index in [1.165, 1.54) is 5.57 Å². The third-order valence-corrected chi connectivity index (χ3v) is 3.21. The Hall–Kier alpha value is -0.560. The van der Waals surface area contributed by atoms with Gasteiger partial charge >= 0.3 is 0 Å². The first-order valence-corrected chi connectivity index (χ1v) is 5.87. The van der Waals surface area contributed by atoms with E-state index >= 15 is 0 Å². The smallest absolute Gasteiger partial charge is 0.0729 e. The summed E-state index contributed by atoms with van der Waals surface area (Å²) >= 11 is 0. The maximum absolute atomic E-state index is 9.71. The van der Waals surface area contributed by atoms with E-state index in [9.17, 15) is 5.11 Å². The molecule has 1 aliphatic rings. The Bertz CT molecular complexity index is 271. The van der Waals surface area contributed by atoms with Crippen molar-refractivity contribution in [2.75, 3.05) is 0 Å². The summed E-state index contributed by atoms with van der Waals surface area (Å²) in [6.45, 7) is 11.0. The quantitative estimate of drug-likeness (QED) is 0.688. The average molecular weight is 208 g/mol. The summed E-state index contributed by atoms with van der Waals surface area (Å²) in [4.78, 5) is 0. The van der Waals surface area contributed by atoms with Gasteiger partial charge in [-0.2, -0.15) is 0 Å². The van der Waals surface area contributed by atoms with Crippen molar-refractivity contribution in [3.8, 4) is 0 Å². The van der Waals surface area contributed by atoms with Crippen LogP contribution in [0, 0.1) is 17.3 Å². The molecule has 1 heteroatoms. The highest BCUT2D eigenvalue weighted by Gasteiger charge is 2.34. The van der Waals surface area contributed by atoms with Crippen molar-refractivity contribution < 1.29 is 5.11 Å². The molecule has 86 valence electrons. The van der Waals surface area contributed by atoms with E-state index in [2.05, 4.69) is 46.8 Å². The van der Waals surface area contributed by atoms with Crippen LogP contribution in [-0.4, -0.2) is 11.2 Å². The molecule has 1 unspecified atom stereocenters. The van der Waals surface area contributed by atoms with Crippen LogP contribution in [0.3, 0.4) is 0 Å². The van der Waals surface area contributed by atoms with Crippen molar-refractivity contribution in [1.82, 2.24) is 0 Å². The van der Waals surface area contributed by atoms with E-state index in [1.54, 1.807) is 0 Å². The zero-order valence-corrected chi connectivity index (χ0v) is 10.6. The third kappa shape index (κ3) is 3.20. The van der Waals surface area contributed by atoms with Gasteiger partial charge in [0.15, 0.2) is 0 Å². The summed E-state index contributed by atoms with van der Waals surface area (Å²) < 4.78 is 0. The van der Waals surface area contributed by atoms with Gasteiger partial charge in [0.05, 0.1) is 6.10 Å². The van der Waals surface area contributed by atoms with E-state index in [0.717, 1.165) is 6.42 Å². The maximum atomic E-state index is 9.71. The fourth-order valence-corrected chi connectivity index (χ4v) is 2.49. The van der Waals surface area contributed by atoms with E-state index < -0.39 is 0 Å². The van der Waals surface area contributed by atoms with Gasteiger partial charge in [0.25, 0.3) is 0 Å². The first-order chi connectivity index (χ1) is 6.83. The second kappa shape index (κ2) is 4.52. The molecular formula is C14H24O. The minimum absolute atomic E-state index is 0.170. The van der Waals surface area contributed by atoms with Crippen molar-refractivity contribution >= 4 is 0 Å². The molecular weight excluding hydrogens is 184 g/mol. The lowest BCUT2D eigenvalue weighted by molar-refractivity contribution is 0.117. The van der Waals surface area contributed by atoms with Crippen molar-refractivity contribution in [2.24, 2.45) is 17.3 Å². The van der Waals surface area contributed by atoms with Crippen molar-refractivity contribution in [3.63, 3.8) is 0 Å². The number of rotatable bonds is 2. The minimum Gasteiger partial charge on any atom is -0.389 e. The number of hydrogen-bond acceptors (Lipinski definition) is 1. The Labute approximate surface area is 93.9 Å². The summed E-state index contributed by atoms with van der Waals surface area (Å²) in [7, 11) is 0. The molecule has 0 aliphatic heterocycles. The molecule has 0 aromatic rings. The molecule has 0 aromatic carbocycles. The Kier molecular flexibility index (Phi) is 3.77. The zero-order chi connectivity index (χ0) is 11.6. The molecule has 0 saturated carbocycles. The molecule has 0 saturated heterocycles. The minimum atomic E-state index is -0.260. The van der Waals surface area contributed by atoms with Crippen LogP contribution in [0.1, 0.15) is 41.0 Å². The van der Waals surface area contributed by atoms with Crippen LogP contribution in [-0.2, 0) is 0 Å². The van der Waals surface area contributed by atoms with Crippen LogP contribution >= 0.6 is 0 Å². The van der Waals surface area contributed by atoms with Gasteiger partial charge in [0.2, 0.25) is 0 Å². The fourth-order valence-electron chi connectivity index (χ4n) is 2.49.